The summed E-state index contributed by atoms with van der Waals surface area (Å²) in [6, 6.07) is 14.1. The molecule has 1 atom stereocenters. The zero-order valence-electron chi connectivity index (χ0n) is 31.3. The van der Waals surface area contributed by atoms with Gasteiger partial charge in [-0.05, 0) is 89.5 Å². The van der Waals surface area contributed by atoms with E-state index in [1.54, 1.807) is 52.3 Å². The van der Waals surface area contributed by atoms with Crippen LogP contribution in [-0.2, 0) is 16.6 Å². The molecule has 1 aliphatic carbocycles. The molecule has 0 radical (unpaired) electrons. The van der Waals surface area contributed by atoms with E-state index in [4.69, 9.17) is 19.0 Å². The van der Waals surface area contributed by atoms with Gasteiger partial charge in [0.2, 0.25) is 11.7 Å². The molecule has 14 heteroatoms. The molecule has 2 aromatic carbocycles. The minimum atomic E-state index is -0.671. The smallest absolute Gasteiger partial charge is 0.407 e. The minimum absolute atomic E-state index is 0.0674. The second kappa shape index (κ2) is 15.2. The van der Waals surface area contributed by atoms with E-state index in [9.17, 15) is 14.4 Å². The van der Waals surface area contributed by atoms with Crippen LogP contribution >= 0.6 is 0 Å². The highest BCUT2D eigenvalue weighted by Gasteiger charge is 2.41. The molecule has 0 spiro atoms. The number of likely N-dealkylation sites (tertiary alicyclic amines) is 1. The maximum absolute atomic E-state index is 13.9. The predicted molar refractivity (Wildman–Crippen MR) is 199 cm³/mol. The van der Waals surface area contributed by atoms with Crippen LogP contribution in [0.2, 0.25) is 0 Å². The van der Waals surface area contributed by atoms with Crippen molar-refractivity contribution in [3.8, 4) is 17.1 Å². The molecule has 6 rings (SSSR count). The van der Waals surface area contributed by atoms with Crippen molar-refractivity contribution in [1.82, 2.24) is 36.0 Å². The van der Waals surface area contributed by atoms with Crippen molar-refractivity contribution >= 4 is 29.5 Å². The van der Waals surface area contributed by atoms with Gasteiger partial charge in [0, 0.05) is 35.3 Å². The molecule has 0 saturated carbocycles. The Morgan fingerprint density at radius 2 is 1.77 bits per heavy atom. The molecule has 4 N–H and O–H groups in total. The summed E-state index contributed by atoms with van der Waals surface area (Å²) in [7, 11) is 3.63. The normalized spacial score (nSPS) is 16.1. The predicted octanol–water partition coefficient (Wildman–Crippen LogP) is 5.54. The number of carbonyl (C=O) groups excluding carboxylic acids is 3. The molecule has 2 aromatic heterocycles. The van der Waals surface area contributed by atoms with E-state index in [-0.39, 0.29) is 30.2 Å². The minimum Gasteiger partial charge on any atom is -0.495 e. The Labute approximate surface area is 309 Å². The van der Waals surface area contributed by atoms with Gasteiger partial charge in [-0.25, -0.2) is 14.8 Å². The molecule has 0 bridgehead atoms. The number of benzene rings is 2. The summed E-state index contributed by atoms with van der Waals surface area (Å²) in [5.41, 5.74) is 3.11. The number of amides is 3. The molecule has 3 amide bonds. The quantitative estimate of drug-likeness (QED) is 0.162. The largest absolute Gasteiger partial charge is 0.495 e. The van der Waals surface area contributed by atoms with Gasteiger partial charge in [0.1, 0.15) is 22.7 Å². The fraction of sp³-hybridized carbons (Fsp3) is 0.436. The second-order valence-corrected chi connectivity index (χ2v) is 15.3. The summed E-state index contributed by atoms with van der Waals surface area (Å²) in [6.45, 7) is 11.4. The topological polar surface area (TPSA) is 173 Å². The molecular weight excluding hydrogens is 676 g/mol. The number of fused-ring (bicyclic) bond motifs is 3. The number of piperidine rings is 1. The number of nitrogens with one attached hydrogen (secondary N) is 4. The Kier molecular flexibility index (Phi) is 10.7. The number of hydrogen-bond donors (Lipinski definition) is 4. The van der Waals surface area contributed by atoms with Gasteiger partial charge in [0.25, 0.3) is 11.8 Å². The lowest BCUT2D eigenvalue weighted by molar-refractivity contribution is 0.0519. The van der Waals surface area contributed by atoms with E-state index in [2.05, 4.69) is 43.4 Å². The van der Waals surface area contributed by atoms with Gasteiger partial charge < -0.3 is 40.2 Å². The average Bonchev–Trinajstić information content (AvgIpc) is 3.58. The van der Waals surface area contributed by atoms with Crippen molar-refractivity contribution in [2.24, 2.45) is 0 Å². The van der Waals surface area contributed by atoms with Gasteiger partial charge in [0.05, 0.1) is 18.8 Å². The summed E-state index contributed by atoms with van der Waals surface area (Å²) in [5.74, 6) is 0.177. The average molecular weight is 725 g/mol. The number of rotatable bonds is 10. The summed E-state index contributed by atoms with van der Waals surface area (Å²) < 4.78 is 16.8. The molecule has 1 aliphatic heterocycles. The van der Waals surface area contributed by atoms with E-state index in [0.717, 1.165) is 37.1 Å². The molecule has 1 saturated heterocycles. The van der Waals surface area contributed by atoms with Crippen molar-refractivity contribution in [2.75, 3.05) is 39.1 Å². The van der Waals surface area contributed by atoms with Crippen LogP contribution in [-0.4, -0.2) is 83.4 Å². The number of ether oxygens (including phenoxy) is 2. The van der Waals surface area contributed by atoms with E-state index < -0.39 is 29.1 Å². The molecule has 1 fully saturated rings. The first-order valence-corrected chi connectivity index (χ1v) is 17.8. The van der Waals surface area contributed by atoms with Gasteiger partial charge in [-0.15, -0.1) is 0 Å². The molecule has 3 heterocycles. The summed E-state index contributed by atoms with van der Waals surface area (Å²) in [4.78, 5) is 51.1. The molecule has 4 aromatic rings. The van der Waals surface area contributed by atoms with Gasteiger partial charge >= 0.3 is 6.09 Å². The third-order valence-corrected chi connectivity index (χ3v) is 9.42. The van der Waals surface area contributed by atoms with Crippen LogP contribution in [0, 0.1) is 0 Å². The highest BCUT2D eigenvalue weighted by Crippen LogP contribution is 2.44. The lowest BCUT2D eigenvalue weighted by Gasteiger charge is -2.30. The first-order valence-electron chi connectivity index (χ1n) is 17.8. The highest BCUT2D eigenvalue weighted by molar-refractivity contribution is 5.96. The molecule has 2 aliphatic rings. The fourth-order valence-electron chi connectivity index (χ4n) is 6.74. The molecule has 280 valence electrons. The lowest BCUT2D eigenvalue weighted by Crippen LogP contribution is -2.43. The number of alkyl carbamates (subject to hydrolysis) is 1. The molecule has 14 nitrogen and oxygen atoms in total. The van der Waals surface area contributed by atoms with Gasteiger partial charge in [-0.1, -0.05) is 49.3 Å². The zero-order valence-corrected chi connectivity index (χ0v) is 31.3. The standard InChI is InChI=1S/C39H48N8O6/c1-38(2,3)52-37(50)41-22-28(23-11-9-8-10-12-23)43-35(49)33-30-32(46-53-33)31-25(20-39(30,4)5)21-40-36(45-31)44-27-14-13-24(19-29(27)51-7)34(48)42-26-15-17-47(6)18-16-26/h8-14,19,21,26,28H,15-18,20,22H2,1-7H3,(H,41,50)(H,42,48)(H,43,49)(H,40,44,45)/t28-/m1/s1. The maximum Gasteiger partial charge on any atom is 0.407 e. The number of carbonyl (C=O) groups is 3. The van der Waals surface area contributed by atoms with Crippen LogP contribution in [0.25, 0.3) is 11.4 Å². The Hall–Kier alpha value is -5.50. The number of aromatic nitrogens is 3. The third-order valence-electron chi connectivity index (χ3n) is 9.42. The van der Waals surface area contributed by atoms with Crippen molar-refractivity contribution < 1.29 is 28.4 Å². The van der Waals surface area contributed by atoms with Crippen molar-refractivity contribution in [2.45, 2.75) is 77.0 Å². The fourth-order valence-corrected chi connectivity index (χ4v) is 6.74. The van der Waals surface area contributed by atoms with Gasteiger partial charge in [-0.3, -0.25) is 9.59 Å². The van der Waals surface area contributed by atoms with Crippen LogP contribution in [0.1, 0.15) is 91.1 Å². The van der Waals surface area contributed by atoms with Crippen LogP contribution in [0.15, 0.2) is 59.3 Å². The van der Waals surface area contributed by atoms with Crippen molar-refractivity contribution in [3.63, 3.8) is 0 Å². The highest BCUT2D eigenvalue weighted by atomic mass is 16.6. The molecule has 0 unspecified atom stereocenters. The number of anilines is 2. The van der Waals surface area contributed by atoms with Crippen LogP contribution < -0.4 is 26.0 Å². The number of nitrogens with zero attached hydrogens (tertiary/aromatic N) is 4. The third kappa shape index (κ3) is 8.76. The Balaban J connectivity index is 1.21. The first-order chi connectivity index (χ1) is 25.2. The molecule has 53 heavy (non-hydrogen) atoms. The van der Waals surface area contributed by atoms with E-state index in [1.807, 2.05) is 44.2 Å². The first kappa shape index (κ1) is 37.3. The SMILES string of the molecule is COc1cc(C(=O)NC2CCN(C)CC2)ccc1Nc1ncc2c(n1)-c1noc(C(=O)N[C@H](CNC(=O)OC(C)(C)C)c3ccccc3)c1C(C)(C)C2. The lowest BCUT2D eigenvalue weighted by atomic mass is 9.73. The van der Waals surface area contributed by atoms with Gasteiger partial charge in [-0.2, -0.15) is 0 Å². The number of hydrogen-bond acceptors (Lipinski definition) is 11. The van der Waals surface area contributed by atoms with Gasteiger partial charge in [0.15, 0.2) is 0 Å². The monoisotopic (exact) mass is 724 g/mol. The van der Waals surface area contributed by atoms with Crippen molar-refractivity contribution in [3.05, 3.63) is 82.7 Å². The van der Waals surface area contributed by atoms with E-state index in [0.29, 0.717) is 40.4 Å². The van der Waals surface area contributed by atoms with Crippen molar-refractivity contribution in [1.29, 1.82) is 0 Å². The summed E-state index contributed by atoms with van der Waals surface area (Å²) >= 11 is 0. The van der Waals surface area contributed by atoms with E-state index >= 15 is 0 Å². The summed E-state index contributed by atoms with van der Waals surface area (Å²) in [5, 5.41) is 16.5. The second-order valence-electron chi connectivity index (χ2n) is 15.3. The zero-order chi connectivity index (χ0) is 37.9. The summed E-state index contributed by atoms with van der Waals surface area (Å²) in [6.07, 6.45) is 3.50. The number of methoxy groups -OCH3 is 1. The van der Waals surface area contributed by atoms with E-state index in [1.165, 1.54) is 0 Å². The Morgan fingerprint density at radius 1 is 1.04 bits per heavy atom. The Morgan fingerprint density at radius 3 is 2.47 bits per heavy atom. The molecular formula is C39H48N8O6. The van der Waals surface area contributed by atoms with Crippen LogP contribution in [0.3, 0.4) is 0 Å². The maximum atomic E-state index is 13.9. The Bertz CT molecular complexity index is 1960. The van der Waals surface area contributed by atoms with Crippen LogP contribution in [0.5, 0.6) is 5.75 Å². The van der Waals surface area contributed by atoms with Crippen LogP contribution in [0.4, 0.5) is 16.4 Å².